The second-order valence-electron chi connectivity index (χ2n) is 10.0. The maximum Gasteiger partial charge on any atom is 0.259 e. The molecule has 1 saturated carbocycles. The Hall–Kier alpha value is -3.53. The topological polar surface area (TPSA) is 103 Å². The number of hydrogen-bond acceptors (Lipinski definition) is 6. The van der Waals surface area contributed by atoms with Gasteiger partial charge in [0, 0.05) is 18.2 Å². The third kappa shape index (κ3) is 6.21. The monoisotopic (exact) mass is 549 g/mol. The molecule has 204 valence electrons. The molecule has 2 N–H and O–H groups in total. The number of thioether (sulfide) groups is 1. The lowest BCUT2D eigenvalue weighted by atomic mass is 9.95. The predicted octanol–water partition coefficient (Wildman–Crippen LogP) is 4.45. The minimum absolute atomic E-state index is 0.0437. The van der Waals surface area contributed by atoms with Gasteiger partial charge in [0.05, 0.1) is 17.4 Å². The minimum Gasteiger partial charge on any atom is -0.352 e. The van der Waals surface area contributed by atoms with Gasteiger partial charge in [0.2, 0.25) is 11.8 Å². The number of para-hydroxylation sites is 1. The van der Waals surface area contributed by atoms with Crippen molar-refractivity contribution in [3.63, 3.8) is 0 Å². The van der Waals surface area contributed by atoms with E-state index < -0.39 is 11.3 Å². The Morgan fingerprint density at radius 1 is 1.10 bits per heavy atom. The Bertz CT molecular complexity index is 1310. The van der Waals surface area contributed by atoms with Crippen LogP contribution in [0.15, 0.2) is 58.5 Å². The summed E-state index contributed by atoms with van der Waals surface area (Å²) in [5.74, 6) is -0.615. The Balaban J connectivity index is 1.30. The van der Waals surface area contributed by atoms with E-state index in [2.05, 4.69) is 15.6 Å². The second-order valence-corrected chi connectivity index (χ2v) is 11.2. The quantitative estimate of drug-likeness (QED) is 0.508. The average molecular weight is 550 g/mol. The first-order valence-corrected chi connectivity index (χ1v) is 14.4. The zero-order chi connectivity index (χ0) is 27.4. The number of halogens is 1. The molecule has 10 heteroatoms. The molecule has 39 heavy (non-hydrogen) atoms. The van der Waals surface area contributed by atoms with Crippen molar-refractivity contribution in [3.05, 3.63) is 65.5 Å². The fourth-order valence-corrected chi connectivity index (χ4v) is 6.08. The first-order chi connectivity index (χ1) is 18.9. The maximum atomic E-state index is 13.6. The van der Waals surface area contributed by atoms with Crippen LogP contribution >= 0.6 is 11.8 Å². The lowest BCUT2D eigenvalue weighted by Crippen LogP contribution is -2.45. The number of carbonyl (C=O) groups is 3. The fourth-order valence-electron chi connectivity index (χ4n) is 5.06. The van der Waals surface area contributed by atoms with Crippen LogP contribution in [-0.4, -0.2) is 51.0 Å². The van der Waals surface area contributed by atoms with Crippen molar-refractivity contribution < 1.29 is 18.8 Å². The average Bonchev–Trinajstić information content (AvgIpc) is 3.27. The van der Waals surface area contributed by atoms with Crippen LogP contribution < -0.4 is 10.6 Å². The van der Waals surface area contributed by atoms with Gasteiger partial charge in [-0.3, -0.25) is 19.4 Å². The number of hydrogen-bond donors (Lipinski definition) is 2. The van der Waals surface area contributed by atoms with Gasteiger partial charge < -0.3 is 10.6 Å². The summed E-state index contributed by atoms with van der Waals surface area (Å²) in [4.78, 5) is 50.3. The molecule has 0 saturated heterocycles. The number of benzene rings is 2. The van der Waals surface area contributed by atoms with E-state index in [4.69, 9.17) is 4.99 Å². The molecule has 0 radical (unpaired) electrons. The van der Waals surface area contributed by atoms with Crippen molar-refractivity contribution in [2.75, 3.05) is 0 Å². The number of amidine groups is 2. The van der Waals surface area contributed by atoms with Crippen molar-refractivity contribution in [2.24, 2.45) is 9.98 Å². The molecule has 0 unspecified atom stereocenters. The van der Waals surface area contributed by atoms with Crippen LogP contribution in [-0.2, 0) is 20.9 Å². The number of amides is 3. The molecule has 0 aromatic heterocycles. The van der Waals surface area contributed by atoms with Crippen LogP contribution in [0.5, 0.6) is 0 Å². The van der Waals surface area contributed by atoms with Gasteiger partial charge in [0.25, 0.3) is 5.91 Å². The highest BCUT2D eigenvalue weighted by Gasteiger charge is 2.43. The lowest BCUT2D eigenvalue weighted by molar-refractivity contribution is -0.128. The second kappa shape index (κ2) is 12.1. The van der Waals surface area contributed by atoms with Gasteiger partial charge in [-0.1, -0.05) is 62.2 Å². The molecule has 8 nitrogen and oxygen atoms in total. The molecule has 1 aliphatic carbocycles. The number of rotatable bonds is 8. The van der Waals surface area contributed by atoms with E-state index >= 15 is 0 Å². The van der Waals surface area contributed by atoms with Gasteiger partial charge in [-0.15, -0.1) is 0 Å². The van der Waals surface area contributed by atoms with Crippen LogP contribution in [0.25, 0.3) is 0 Å². The molecule has 5 rings (SSSR count). The molecule has 2 heterocycles. The number of carbonyl (C=O) groups excluding carboxylic acids is 3. The molecular weight excluding hydrogens is 517 g/mol. The van der Waals surface area contributed by atoms with E-state index in [9.17, 15) is 18.8 Å². The van der Waals surface area contributed by atoms with E-state index in [-0.39, 0.29) is 42.5 Å². The van der Waals surface area contributed by atoms with Crippen molar-refractivity contribution in [1.82, 2.24) is 15.5 Å². The molecule has 2 aromatic rings. The van der Waals surface area contributed by atoms with E-state index in [0.29, 0.717) is 28.7 Å². The summed E-state index contributed by atoms with van der Waals surface area (Å²) in [6.45, 7) is 2.17. The van der Waals surface area contributed by atoms with Crippen LogP contribution in [0.4, 0.5) is 10.1 Å². The Morgan fingerprint density at radius 2 is 1.85 bits per heavy atom. The maximum absolute atomic E-state index is 13.6. The van der Waals surface area contributed by atoms with Gasteiger partial charge in [0.1, 0.15) is 17.7 Å². The highest BCUT2D eigenvalue weighted by molar-refractivity contribution is 8.15. The van der Waals surface area contributed by atoms with Gasteiger partial charge in [-0.05, 0) is 49.1 Å². The smallest absolute Gasteiger partial charge is 0.259 e. The molecule has 0 spiro atoms. The van der Waals surface area contributed by atoms with Crippen molar-refractivity contribution in [1.29, 1.82) is 0 Å². The van der Waals surface area contributed by atoms with Crippen LogP contribution in [0.3, 0.4) is 0 Å². The zero-order valence-corrected chi connectivity index (χ0v) is 22.7. The third-order valence-corrected chi connectivity index (χ3v) is 8.51. The molecule has 2 aromatic carbocycles. The number of nitrogens with zero attached hydrogens (tertiary/aromatic N) is 3. The van der Waals surface area contributed by atoms with Crippen molar-refractivity contribution >= 4 is 46.2 Å². The number of fused-ring (bicyclic) bond motifs is 3. The molecular formula is C29H32FN5O3S. The number of aliphatic imine (C=N–C) groups is 2. The zero-order valence-electron chi connectivity index (χ0n) is 21.9. The SMILES string of the molecule is CC[C@H](SC1=Nc2ccccc2C2=N[C@H](CC(=O)NCc3ccc(F)cc3)C(=O)N12)C(=O)NC1CCCCC1. The highest BCUT2D eigenvalue weighted by Crippen LogP contribution is 2.35. The van der Waals surface area contributed by atoms with E-state index in [1.54, 1.807) is 12.1 Å². The van der Waals surface area contributed by atoms with Crippen LogP contribution in [0.1, 0.15) is 63.0 Å². The molecule has 3 aliphatic rings. The molecule has 2 aliphatic heterocycles. The van der Waals surface area contributed by atoms with Gasteiger partial charge >= 0.3 is 0 Å². The highest BCUT2D eigenvalue weighted by atomic mass is 32.2. The van der Waals surface area contributed by atoms with Crippen molar-refractivity contribution in [2.45, 2.75) is 75.7 Å². The molecule has 3 amide bonds. The van der Waals surface area contributed by atoms with Crippen LogP contribution in [0, 0.1) is 5.82 Å². The summed E-state index contributed by atoms with van der Waals surface area (Å²) in [6, 6.07) is 12.6. The van der Waals surface area contributed by atoms with E-state index in [0.717, 1.165) is 31.2 Å². The standard InChI is InChI=1S/C29H32FN5O3S/c1-2-24(27(37)32-20-8-4-3-5-9-20)39-29-34-22-11-7-6-10-21(22)26-33-23(28(38)35(26)29)16-25(36)31-17-18-12-14-19(30)15-13-18/h6-7,10-15,20,23-24H,2-5,8-9,16-17H2,1H3,(H,31,36)(H,32,37)/t23-,24+/m1/s1. The Morgan fingerprint density at radius 3 is 2.59 bits per heavy atom. The van der Waals surface area contributed by atoms with E-state index in [1.807, 2.05) is 31.2 Å². The fraction of sp³-hybridized carbons (Fsp3) is 0.414. The first-order valence-electron chi connectivity index (χ1n) is 13.5. The Kier molecular flexibility index (Phi) is 8.40. The largest absolute Gasteiger partial charge is 0.352 e. The van der Waals surface area contributed by atoms with Gasteiger partial charge in [0.15, 0.2) is 5.17 Å². The van der Waals surface area contributed by atoms with Crippen molar-refractivity contribution in [3.8, 4) is 0 Å². The third-order valence-electron chi connectivity index (χ3n) is 7.19. The molecule has 1 fully saturated rings. The summed E-state index contributed by atoms with van der Waals surface area (Å²) in [5.41, 5.74) is 2.14. The summed E-state index contributed by atoms with van der Waals surface area (Å²) < 4.78 is 13.2. The molecule has 2 atom stereocenters. The first kappa shape index (κ1) is 27.1. The van der Waals surface area contributed by atoms with E-state index in [1.165, 1.54) is 35.2 Å². The summed E-state index contributed by atoms with van der Waals surface area (Å²) in [7, 11) is 0. The summed E-state index contributed by atoms with van der Waals surface area (Å²) in [5, 5.41) is 5.96. The van der Waals surface area contributed by atoms with Gasteiger partial charge in [-0.25, -0.2) is 14.3 Å². The Labute approximate surface area is 231 Å². The number of nitrogens with one attached hydrogen (secondary N) is 2. The van der Waals surface area contributed by atoms with Crippen LogP contribution in [0.2, 0.25) is 0 Å². The normalized spacial score (nSPS) is 19.5. The van der Waals surface area contributed by atoms with Gasteiger partial charge in [-0.2, -0.15) is 0 Å². The summed E-state index contributed by atoms with van der Waals surface area (Å²) in [6.07, 6.45) is 5.89. The lowest BCUT2D eigenvalue weighted by Gasteiger charge is -2.29. The molecule has 0 bridgehead atoms. The predicted molar refractivity (Wildman–Crippen MR) is 150 cm³/mol. The minimum atomic E-state index is -0.902. The summed E-state index contributed by atoms with van der Waals surface area (Å²) >= 11 is 1.27.